The predicted molar refractivity (Wildman–Crippen MR) is 96.8 cm³/mol. The summed E-state index contributed by atoms with van der Waals surface area (Å²) >= 11 is 0. The lowest BCUT2D eigenvalue weighted by Crippen LogP contribution is -2.26. The summed E-state index contributed by atoms with van der Waals surface area (Å²) in [6, 6.07) is 7.89. The molecule has 2 heterocycles. The highest BCUT2D eigenvalue weighted by Crippen LogP contribution is 2.28. The molecule has 0 aliphatic carbocycles. The number of anilines is 1. The molecule has 3 rings (SSSR count). The van der Waals surface area contributed by atoms with Crippen molar-refractivity contribution in [3.63, 3.8) is 0 Å². The van der Waals surface area contributed by atoms with E-state index in [1.807, 2.05) is 38.1 Å². The third-order valence-corrected chi connectivity index (χ3v) is 4.72. The number of benzene rings is 1. The number of carbonyl (C=O) groups excluding carboxylic acids is 2. The highest BCUT2D eigenvalue weighted by Gasteiger charge is 2.36. The van der Waals surface area contributed by atoms with Gasteiger partial charge in [-0.05, 0) is 37.5 Å². The third-order valence-electron chi connectivity index (χ3n) is 4.72. The molecule has 1 aliphatic rings. The summed E-state index contributed by atoms with van der Waals surface area (Å²) in [5, 5.41) is 0. The van der Waals surface area contributed by atoms with Gasteiger partial charge in [-0.3, -0.25) is 9.59 Å². The monoisotopic (exact) mass is 356 g/mol. The van der Waals surface area contributed by atoms with E-state index in [0.717, 1.165) is 16.9 Å². The molecule has 0 radical (unpaired) electrons. The molecule has 0 saturated carbocycles. The number of hydrogen-bond donors (Lipinski definition) is 0. The van der Waals surface area contributed by atoms with Gasteiger partial charge in [0.15, 0.2) is 6.61 Å². The van der Waals surface area contributed by atoms with Gasteiger partial charge in [-0.2, -0.15) is 0 Å². The van der Waals surface area contributed by atoms with Crippen LogP contribution in [0.1, 0.15) is 49.1 Å². The zero-order valence-electron chi connectivity index (χ0n) is 15.6. The van der Waals surface area contributed by atoms with E-state index in [0.29, 0.717) is 24.1 Å². The Kier molecular flexibility index (Phi) is 5.11. The SMILES string of the molecule is Cc1nc(COC(=O)[C@H]2CC(=O)N(c3cccc(C(C)C)c3)C2)oc1C. The van der Waals surface area contributed by atoms with Crippen LogP contribution in [0, 0.1) is 19.8 Å². The van der Waals surface area contributed by atoms with E-state index < -0.39 is 11.9 Å². The molecule has 0 bridgehead atoms. The first kappa shape index (κ1) is 18.2. The summed E-state index contributed by atoms with van der Waals surface area (Å²) in [5.41, 5.74) is 2.77. The number of nitrogens with zero attached hydrogens (tertiary/aromatic N) is 2. The van der Waals surface area contributed by atoms with E-state index in [2.05, 4.69) is 18.8 Å². The van der Waals surface area contributed by atoms with Crippen molar-refractivity contribution < 1.29 is 18.7 Å². The molecule has 0 spiro atoms. The van der Waals surface area contributed by atoms with Crippen molar-refractivity contribution in [1.29, 1.82) is 0 Å². The van der Waals surface area contributed by atoms with Crippen molar-refractivity contribution in [3.8, 4) is 0 Å². The molecule has 1 amide bonds. The lowest BCUT2D eigenvalue weighted by Gasteiger charge is -2.18. The molecule has 138 valence electrons. The van der Waals surface area contributed by atoms with Crippen molar-refractivity contribution in [1.82, 2.24) is 4.98 Å². The molecule has 1 aromatic heterocycles. The average Bonchev–Trinajstić information content (AvgIpc) is 3.15. The van der Waals surface area contributed by atoms with Gasteiger partial charge < -0.3 is 14.1 Å². The molecule has 0 N–H and O–H groups in total. The number of hydrogen-bond acceptors (Lipinski definition) is 5. The van der Waals surface area contributed by atoms with Crippen molar-refractivity contribution in [2.45, 2.75) is 46.6 Å². The van der Waals surface area contributed by atoms with Gasteiger partial charge in [-0.1, -0.05) is 26.0 Å². The second-order valence-electron chi connectivity index (χ2n) is 7.01. The fraction of sp³-hybridized carbons (Fsp3) is 0.450. The number of carbonyl (C=O) groups is 2. The van der Waals surface area contributed by atoms with Gasteiger partial charge in [0.05, 0.1) is 11.6 Å². The molecule has 0 unspecified atom stereocenters. The Morgan fingerprint density at radius 3 is 2.81 bits per heavy atom. The Balaban J connectivity index is 1.63. The number of amides is 1. The molecule has 6 nitrogen and oxygen atoms in total. The van der Waals surface area contributed by atoms with Crippen LogP contribution in [0.5, 0.6) is 0 Å². The van der Waals surface area contributed by atoms with Crippen LogP contribution in [0.15, 0.2) is 28.7 Å². The summed E-state index contributed by atoms with van der Waals surface area (Å²) in [6.45, 7) is 8.19. The lowest BCUT2D eigenvalue weighted by atomic mass is 10.0. The van der Waals surface area contributed by atoms with Crippen LogP contribution < -0.4 is 4.90 Å². The van der Waals surface area contributed by atoms with E-state index in [4.69, 9.17) is 9.15 Å². The summed E-state index contributed by atoms with van der Waals surface area (Å²) in [4.78, 5) is 30.6. The summed E-state index contributed by atoms with van der Waals surface area (Å²) in [7, 11) is 0. The zero-order valence-corrected chi connectivity index (χ0v) is 15.6. The third kappa shape index (κ3) is 3.79. The first-order valence-corrected chi connectivity index (χ1v) is 8.85. The molecular weight excluding hydrogens is 332 g/mol. The number of aromatic nitrogens is 1. The van der Waals surface area contributed by atoms with Crippen molar-refractivity contribution >= 4 is 17.6 Å². The maximum Gasteiger partial charge on any atom is 0.311 e. The van der Waals surface area contributed by atoms with Crippen LogP contribution in [-0.2, 0) is 20.9 Å². The highest BCUT2D eigenvalue weighted by atomic mass is 16.5. The van der Waals surface area contributed by atoms with Crippen LogP contribution in [-0.4, -0.2) is 23.4 Å². The summed E-state index contributed by atoms with van der Waals surface area (Å²) in [6.07, 6.45) is 0.161. The Labute approximate surface area is 153 Å². The maximum atomic E-state index is 12.4. The number of aryl methyl sites for hydroxylation is 2. The van der Waals surface area contributed by atoms with Crippen LogP contribution in [0.25, 0.3) is 0 Å². The number of ether oxygens (including phenoxy) is 1. The summed E-state index contributed by atoms with van der Waals surface area (Å²) < 4.78 is 10.7. The molecule has 1 fully saturated rings. The second kappa shape index (κ2) is 7.32. The van der Waals surface area contributed by atoms with Gasteiger partial charge in [-0.25, -0.2) is 4.98 Å². The maximum absolute atomic E-state index is 12.4. The Morgan fingerprint density at radius 1 is 1.38 bits per heavy atom. The fourth-order valence-corrected chi connectivity index (χ4v) is 3.02. The lowest BCUT2D eigenvalue weighted by molar-refractivity contribution is -0.150. The molecule has 6 heteroatoms. The number of esters is 1. The van der Waals surface area contributed by atoms with Gasteiger partial charge in [0.25, 0.3) is 0 Å². The molecule has 1 atom stereocenters. The quantitative estimate of drug-likeness (QED) is 0.767. The van der Waals surface area contributed by atoms with Crippen molar-refractivity contribution in [2.24, 2.45) is 5.92 Å². The van der Waals surface area contributed by atoms with Crippen LogP contribution in [0.3, 0.4) is 0 Å². The van der Waals surface area contributed by atoms with Crippen LogP contribution in [0.2, 0.25) is 0 Å². The average molecular weight is 356 g/mol. The van der Waals surface area contributed by atoms with E-state index in [1.165, 1.54) is 0 Å². The fourth-order valence-electron chi connectivity index (χ4n) is 3.02. The topological polar surface area (TPSA) is 72.6 Å². The molecule has 1 aromatic carbocycles. The van der Waals surface area contributed by atoms with E-state index in [9.17, 15) is 9.59 Å². The Hall–Kier alpha value is -2.63. The molecule has 2 aromatic rings. The van der Waals surface area contributed by atoms with Gasteiger partial charge in [-0.15, -0.1) is 0 Å². The first-order valence-electron chi connectivity index (χ1n) is 8.85. The standard InChI is InChI=1S/C20H24N2O4/c1-12(2)15-6-5-7-17(8-15)22-10-16(9-19(22)23)20(24)25-11-18-21-13(3)14(4)26-18/h5-8,12,16H,9-11H2,1-4H3/t16-/m0/s1. The molecular formula is C20H24N2O4. The first-order chi connectivity index (χ1) is 12.3. The van der Waals surface area contributed by atoms with E-state index >= 15 is 0 Å². The van der Waals surface area contributed by atoms with Crippen molar-refractivity contribution in [3.05, 3.63) is 47.2 Å². The predicted octanol–water partition coefficient (Wildman–Crippen LogP) is 3.51. The molecule has 1 aliphatic heterocycles. The Bertz CT molecular complexity index is 805. The normalized spacial score (nSPS) is 17.2. The van der Waals surface area contributed by atoms with Gasteiger partial charge in [0, 0.05) is 18.7 Å². The number of rotatable bonds is 5. The minimum atomic E-state index is -0.470. The Morgan fingerprint density at radius 2 is 2.15 bits per heavy atom. The zero-order chi connectivity index (χ0) is 18.8. The smallest absolute Gasteiger partial charge is 0.311 e. The van der Waals surface area contributed by atoms with Crippen LogP contribution >= 0.6 is 0 Å². The minimum absolute atomic E-state index is 0.0129. The van der Waals surface area contributed by atoms with Crippen molar-refractivity contribution in [2.75, 3.05) is 11.4 Å². The van der Waals surface area contributed by atoms with E-state index in [1.54, 1.807) is 4.90 Å². The minimum Gasteiger partial charge on any atom is -0.455 e. The van der Waals surface area contributed by atoms with Gasteiger partial charge >= 0.3 is 5.97 Å². The molecule has 26 heavy (non-hydrogen) atoms. The van der Waals surface area contributed by atoms with Crippen LogP contribution in [0.4, 0.5) is 5.69 Å². The largest absolute Gasteiger partial charge is 0.455 e. The summed E-state index contributed by atoms with van der Waals surface area (Å²) in [5.74, 6) is 0.538. The van der Waals surface area contributed by atoms with Gasteiger partial charge in [0.1, 0.15) is 5.76 Å². The van der Waals surface area contributed by atoms with Gasteiger partial charge in [0.2, 0.25) is 11.8 Å². The second-order valence-corrected chi connectivity index (χ2v) is 7.01. The highest BCUT2D eigenvalue weighted by molar-refractivity contribution is 5.99. The van der Waals surface area contributed by atoms with E-state index in [-0.39, 0.29) is 18.9 Å². The molecule has 1 saturated heterocycles. The number of oxazole rings is 1.